The van der Waals surface area contributed by atoms with E-state index in [0.717, 1.165) is 37.5 Å². The molecule has 0 spiro atoms. The van der Waals surface area contributed by atoms with Gasteiger partial charge in [0.05, 0.1) is 0 Å². The average Bonchev–Trinajstić information content (AvgIpc) is 3.02. The highest BCUT2D eigenvalue weighted by atomic mass is 35.5. The summed E-state index contributed by atoms with van der Waals surface area (Å²) in [4.78, 5) is 17.3. The number of rotatable bonds is 1. The van der Waals surface area contributed by atoms with Crippen LogP contribution in [0.4, 0.5) is 10.5 Å². The van der Waals surface area contributed by atoms with E-state index in [1.807, 2.05) is 37.8 Å². The van der Waals surface area contributed by atoms with Gasteiger partial charge in [0.2, 0.25) is 0 Å². The fraction of sp³-hybridized carbons (Fsp3) is 0.480. The van der Waals surface area contributed by atoms with Crippen molar-refractivity contribution in [2.45, 2.75) is 57.6 Å². The van der Waals surface area contributed by atoms with Crippen molar-refractivity contribution < 1.29 is 9.53 Å². The highest BCUT2D eigenvalue weighted by Crippen LogP contribution is 2.50. The maximum Gasteiger partial charge on any atom is 0.410 e. The lowest BCUT2D eigenvalue weighted by molar-refractivity contribution is 0.0189. The lowest BCUT2D eigenvalue weighted by Crippen LogP contribution is -2.49. The Morgan fingerprint density at radius 1 is 1.10 bits per heavy atom. The highest BCUT2D eigenvalue weighted by Gasteiger charge is 2.45. The molecule has 0 aromatic heterocycles. The summed E-state index contributed by atoms with van der Waals surface area (Å²) in [7, 11) is 0. The van der Waals surface area contributed by atoms with E-state index in [9.17, 15) is 4.79 Å². The zero-order valence-corrected chi connectivity index (χ0v) is 18.7. The molecule has 0 N–H and O–H groups in total. The number of hydrogen-bond acceptors (Lipinski definition) is 3. The van der Waals surface area contributed by atoms with Gasteiger partial charge in [0, 0.05) is 42.3 Å². The summed E-state index contributed by atoms with van der Waals surface area (Å²) in [6.45, 7) is 8.40. The summed E-state index contributed by atoms with van der Waals surface area (Å²) in [5.74, 6) is 0.338. The molecule has 1 amide bonds. The van der Waals surface area contributed by atoms with Crippen LogP contribution in [0, 0.1) is 0 Å². The van der Waals surface area contributed by atoms with E-state index in [1.165, 1.54) is 34.4 Å². The van der Waals surface area contributed by atoms with Gasteiger partial charge in [-0.25, -0.2) is 4.79 Å². The van der Waals surface area contributed by atoms with Gasteiger partial charge in [-0.3, -0.25) is 0 Å². The molecule has 158 valence electrons. The van der Waals surface area contributed by atoms with Crippen LogP contribution in [0.1, 0.15) is 50.7 Å². The van der Waals surface area contributed by atoms with Crippen molar-refractivity contribution in [3.63, 3.8) is 0 Å². The maximum atomic E-state index is 12.7. The van der Waals surface area contributed by atoms with E-state index >= 15 is 0 Å². The lowest BCUT2D eigenvalue weighted by Gasteiger charge is -2.40. The maximum absolute atomic E-state index is 12.7. The standard InChI is InChI=1S/C25H29ClN2O2/c1-25(2,3)30-24(29)27-12-10-22-21(15-27)20-14-18(16-6-8-19(26)9-7-16)13-17-5-4-11-28(22)23(17)20/h6-9,13-14,21-22H,4-5,10-12,15H2,1-3H3/t21-,22-/m0/s1. The molecule has 3 aliphatic rings. The third-order valence-electron chi connectivity index (χ3n) is 6.56. The molecule has 1 fully saturated rings. The topological polar surface area (TPSA) is 32.8 Å². The summed E-state index contributed by atoms with van der Waals surface area (Å²) in [6, 6.07) is 13.3. The molecule has 2 aromatic carbocycles. The Kier molecular flexibility index (Phi) is 4.73. The van der Waals surface area contributed by atoms with Crippen LogP contribution < -0.4 is 4.90 Å². The normalized spacial score (nSPS) is 22.5. The zero-order valence-electron chi connectivity index (χ0n) is 18.0. The van der Waals surface area contributed by atoms with Crippen molar-refractivity contribution in [3.8, 4) is 11.1 Å². The Hall–Kier alpha value is -2.20. The van der Waals surface area contributed by atoms with Crippen molar-refractivity contribution in [1.29, 1.82) is 0 Å². The molecule has 0 saturated carbocycles. The number of amides is 1. The SMILES string of the molecule is CC(C)(C)OC(=O)N1CC[C@H]2[C@@H](C1)c1cc(-c3ccc(Cl)cc3)cc3c1N2CCC3. The van der Waals surface area contributed by atoms with E-state index in [2.05, 4.69) is 29.2 Å². The molecule has 0 bridgehead atoms. The molecular formula is C25H29ClN2O2. The van der Waals surface area contributed by atoms with Crippen molar-refractivity contribution in [2.24, 2.45) is 0 Å². The van der Waals surface area contributed by atoms with Crippen LogP contribution in [-0.4, -0.2) is 42.3 Å². The van der Waals surface area contributed by atoms with Crippen molar-refractivity contribution in [2.75, 3.05) is 24.5 Å². The summed E-state index contributed by atoms with van der Waals surface area (Å²) in [6.07, 6.45) is 3.11. The molecule has 0 radical (unpaired) electrons. The molecule has 30 heavy (non-hydrogen) atoms. The minimum atomic E-state index is -0.467. The predicted molar refractivity (Wildman–Crippen MR) is 122 cm³/mol. The number of aryl methyl sites for hydroxylation is 1. The second kappa shape index (κ2) is 7.19. The monoisotopic (exact) mass is 424 g/mol. The van der Waals surface area contributed by atoms with E-state index < -0.39 is 5.60 Å². The van der Waals surface area contributed by atoms with Gasteiger partial charge in [-0.2, -0.15) is 0 Å². The third-order valence-corrected chi connectivity index (χ3v) is 6.81. The molecule has 2 aromatic rings. The van der Waals surface area contributed by atoms with E-state index in [4.69, 9.17) is 16.3 Å². The van der Waals surface area contributed by atoms with Crippen LogP contribution in [0.3, 0.4) is 0 Å². The number of likely N-dealkylation sites (tertiary alicyclic amines) is 1. The Bertz CT molecular complexity index is 980. The summed E-state index contributed by atoms with van der Waals surface area (Å²) < 4.78 is 5.67. The first-order valence-electron chi connectivity index (χ1n) is 11.0. The smallest absolute Gasteiger partial charge is 0.410 e. The minimum Gasteiger partial charge on any atom is -0.444 e. The number of ether oxygens (including phenoxy) is 1. The molecule has 0 unspecified atom stereocenters. The first-order valence-corrected chi connectivity index (χ1v) is 11.4. The van der Waals surface area contributed by atoms with Crippen LogP contribution in [0.25, 0.3) is 11.1 Å². The fourth-order valence-electron chi connectivity index (χ4n) is 5.35. The number of piperidine rings is 1. The van der Waals surface area contributed by atoms with Gasteiger partial charge >= 0.3 is 6.09 Å². The highest BCUT2D eigenvalue weighted by molar-refractivity contribution is 6.30. The Labute approximate surface area is 183 Å². The average molecular weight is 425 g/mol. The molecule has 2 atom stereocenters. The first kappa shape index (κ1) is 19.7. The first-order chi connectivity index (χ1) is 14.3. The van der Waals surface area contributed by atoms with Crippen LogP contribution >= 0.6 is 11.6 Å². The van der Waals surface area contributed by atoms with Crippen LogP contribution in [0.5, 0.6) is 0 Å². The van der Waals surface area contributed by atoms with Gasteiger partial charge in [-0.1, -0.05) is 23.7 Å². The van der Waals surface area contributed by atoms with Crippen molar-refractivity contribution >= 4 is 23.4 Å². The number of anilines is 1. The molecule has 3 heterocycles. The van der Waals surface area contributed by atoms with Gasteiger partial charge in [-0.15, -0.1) is 0 Å². The molecule has 0 aliphatic carbocycles. The van der Waals surface area contributed by atoms with Crippen LogP contribution in [-0.2, 0) is 11.2 Å². The van der Waals surface area contributed by atoms with Crippen LogP contribution in [0.2, 0.25) is 5.02 Å². The van der Waals surface area contributed by atoms with Gasteiger partial charge < -0.3 is 14.5 Å². The van der Waals surface area contributed by atoms with Crippen LogP contribution in [0.15, 0.2) is 36.4 Å². The molecule has 5 heteroatoms. The minimum absolute atomic E-state index is 0.190. The molecule has 5 rings (SSSR count). The lowest BCUT2D eigenvalue weighted by atomic mass is 9.87. The Morgan fingerprint density at radius 2 is 1.87 bits per heavy atom. The van der Waals surface area contributed by atoms with Crippen molar-refractivity contribution in [3.05, 3.63) is 52.5 Å². The number of hydrogen-bond donors (Lipinski definition) is 0. The summed E-state index contributed by atoms with van der Waals surface area (Å²) >= 11 is 6.11. The molecular weight excluding hydrogens is 396 g/mol. The third kappa shape index (κ3) is 3.45. The number of benzene rings is 2. The second-order valence-corrected chi connectivity index (χ2v) is 10.2. The Morgan fingerprint density at radius 3 is 2.60 bits per heavy atom. The van der Waals surface area contributed by atoms with Gasteiger partial charge in [-0.05, 0) is 86.6 Å². The zero-order chi connectivity index (χ0) is 21.0. The predicted octanol–water partition coefficient (Wildman–Crippen LogP) is 5.87. The van der Waals surface area contributed by atoms with E-state index in [1.54, 1.807) is 0 Å². The summed E-state index contributed by atoms with van der Waals surface area (Å²) in [5, 5.41) is 0.757. The largest absolute Gasteiger partial charge is 0.444 e. The fourth-order valence-corrected chi connectivity index (χ4v) is 5.47. The quantitative estimate of drug-likeness (QED) is 0.574. The van der Waals surface area contributed by atoms with E-state index in [0.29, 0.717) is 12.0 Å². The molecule has 4 nitrogen and oxygen atoms in total. The number of fused-ring (bicyclic) bond motifs is 3. The van der Waals surface area contributed by atoms with Gasteiger partial charge in [0.25, 0.3) is 0 Å². The number of halogens is 1. The number of carbonyl (C=O) groups excluding carboxylic acids is 1. The van der Waals surface area contributed by atoms with E-state index in [-0.39, 0.29) is 6.09 Å². The summed E-state index contributed by atoms with van der Waals surface area (Å²) in [5.41, 5.74) is 6.25. The molecule has 1 saturated heterocycles. The van der Waals surface area contributed by atoms with Gasteiger partial charge in [0.15, 0.2) is 0 Å². The molecule has 3 aliphatic heterocycles. The number of nitrogens with zero attached hydrogens (tertiary/aromatic N) is 2. The second-order valence-electron chi connectivity index (χ2n) is 9.77. The Balaban J connectivity index is 1.50. The number of carbonyl (C=O) groups is 1. The van der Waals surface area contributed by atoms with Gasteiger partial charge in [0.1, 0.15) is 5.60 Å². The van der Waals surface area contributed by atoms with Crippen molar-refractivity contribution in [1.82, 2.24) is 4.90 Å².